The molecule has 69 heavy (non-hydrogen) atoms. The molecule has 0 aromatic carbocycles. The number of aliphatic hydroxyl groups is 7. The van der Waals surface area contributed by atoms with Crippen LogP contribution in [0.5, 0.6) is 0 Å². The average molecular weight is 983 g/mol. The number of carbonyl (C=O) groups excluding carboxylic acids is 1. The molecule has 0 aromatic heterocycles. The normalized spacial score (nSPS) is 20.5. The van der Waals surface area contributed by atoms with E-state index in [1.54, 1.807) is 0 Å². The first-order valence-electron chi connectivity index (χ1n) is 29.3. The molecule has 9 atom stereocenters. The molecule has 0 radical (unpaired) electrons. The highest BCUT2D eigenvalue weighted by atomic mass is 16.7. The van der Waals surface area contributed by atoms with Crippen LogP contribution in [-0.2, 0) is 14.3 Å². The molecule has 0 saturated carbocycles. The molecular formula is C58H111NO10. The lowest BCUT2D eigenvalue weighted by molar-refractivity contribution is -0.303. The van der Waals surface area contributed by atoms with Crippen LogP contribution in [0.25, 0.3) is 0 Å². The molecule has 0 aromatic rings. The van der Waals surface area contributed by atoms with E-state index in [-0.39, 0.29) is 6.42 Å². The number of rotatable bonds is 50. The minimum atomic E-state index is -1.66. The molecule has 1 saturated heterocycles. The monoisotopic (exact) mass is 982 g/mol. The van der Waals surface area contributed by atoms with Gasteiger partial charge in [0.15, 0.2) is 6.29 Å². The first-order valence-corrected chi connectivity index (χ1v) is 29.3. The van der Waals surface area contributed by atoms with E-state index in [0.717, 1.165) is 44.9 Å². The molecule has 1 aliphatic rings. The van der Waals surface area contributed by atoms with Crippen LogP contribution in [0.2, 0.25) is 0 Å². The zero-order valence-electron chi connectivity index (χ0n) is 44.6. The van der Waals surface area contributed by atoms with Gasteiger partial charge in [0.2, 0.25) is 5.91 Å². The Morgan fingerprint density at radius 1 is 0.507 bits per heavy atom. The molecule has 1 heterocycles. The van der Waals surface area contributed by atoms with Crippen LogP contribution in [0.3, 0.4) is 0 Å². The van der Waals surface area contributed by atoms with Crippen LogP contribution in [0.4, 0.5) is 0 Å². The molecule has 0 aliphatic carbocycles. The van der Waals surface area contributed by atoms with Crippen molar-refractivity contribution in [1.29, 1.82) is 0 Å². The smallest absolute Gasteiger partial charge is 0.249 e. The van der Waals surface area contributed by atoms with Crippen molar-refractivity contribution < 1.29 is 50.0 Å². The number of allylic oxidation sites excluding steroid dienone is 4. The summed E-state index contributed by atoms with van der Waals surface area (Å²) >= 11 is 0. The van der Waals surface area contributed by atoms with Gasteiger partial charge >= 0.3 is 0 Å². The summed E-state index contributed by atoms with van der Waals surface area (Å²) < 4.78 is 11.1. The quantitative estimate of drug-likeness (QED) is 0.0215. The van der Waals surface area contributed by atoms with Crippen LogP contribution in [0.15, 0.2) is 24.3 Å². The number of ether oxygens (including phenoxy) is 2. The van der Waals surface area contributed by atoms with Gasteiger partial charge in [-0.05, 0) is 38.5 Å². The van der Waals surface area contributed by atoms with Crippen LogP contribution >= 0.6 is 0 Å². The van der Waals surface area contributed by atoms with E-state index >= 15 is 0 Å². The van der Waals surface area contributed by atoms with Crippen molar-refractivity contribution in [2.75, 3.05) is 13.2 Å². The first kappa shape index (κ1) is 65.6. The summed E-state index contributed by atoms with van der Waals surface area (Å²) in [5.41, 5.74) is 0. The molecule has 9 unspecified atom stereocenters. The molecule has 1 fully saturated rings. The number of hydrogen-bond donors (Lipinski definition) is 8. The van der Waals surface area contributed by atoms with Gasteiger partial charge in [-0.15, -0.1) is 0 Å². The Balaban J connectivity index is 2.30. The molecule has 1 rings (SSSR count). The van der Waals surface area contributed by atoms with Crippen LogP contribution in [0.1, 0.15) is 271 Å². The van der Waals surface area contributed by atoms with Gasteiger partial charge in [-0.1, -0.05) is 256 Å². The highest BCUT2D eigenvalue weighted by Gasteiger charge is 2.44. The van der Waals surface area contributed by atoms with Gasteiger partial charge in [0, 0.05) is 0 Å². The molecule has 11 heteroatoms. The molecular weight excluding hydrogens is 871 g/mol. The molecule has 11 nitrogen and oxygen atoms in total. The van der Waals surface area contributed by atoms with E-state index < -0.39 is 74.2 Å². The molecule has 1 aliphatic heterocycles. The Morgan fingerprint density at radius 2 is 0.870 bits per heavy atom. The highest BCUT2D eigenvalue weighted by Crippen LogP contribution is 2.23. The summed E-state index contributed by atoms with van der Waals surface area (Å²) in [5, 5.41) is 76.2. The number of carbonyl (C=O) groups is 1. The number of unbranched alkanes of at least 4 members (excludes halogenated alkanes) is 35. The largest absolute Gasteiger partial charge is 0.394 e. The van der Waals surface area contributed by atoms with Gasteiger partial charge < -0.3 is 50.5 Å². The lowest BCUT2D eigenvalue weighted by atomic mass is 9.98. The minimum Gasteiger partial charge on any atom is -0.394 e. The fourth-order valence-electron chi connectivity index (χ4n) is 9.49. The molecule has 8 N–H and O–H groups in total. The number of aliphatic hydroxyl groups excluding tert-OH is 7. The summed E-state index contributed by atoms with van der Waals surface area (Å²) in [5.74, 6) is -0.698. The van der Waals surface area contributed by atoms with E-state index in [1.165, 1.54) is 186 Å². The minimum absolute atomic E-state index is 0.256. The van der Waals surface area contributed by atoms with Gasteiger partial charge in [-0.3, -0.25) is 4.79 Å². The number of hydrogen-bond acceptors (Lipinski definition) is 10. The van der Waals surface area contributed by atoms with Gasteiger partial charge in [0.25, 0.3) is 0 Å². The molecule has 408 valence electrons. The summed E-state index contributed by atoms with van der Waals surface area (Å²) in [6.07, 6.45) is 45.1. The third-order valence-corrected chi connectivity index (χ3v) is 14.3. The third-order valence-electron chi connectivity index (χ3n) is 14.3. The van der Waals surface area contributed by atoms with Crippen molar-refractivity contribution in [2.24, 2.45) is 0 Å². The average Bonchev–Trinajstić information content (AvgIpc) is 3.35. The third kappa shape index (κ3) is 36.2. The fraction of sp³-hybridized carbons (Fsp3) is 0.914. The number of amides is 1. The van der Waals surface area contributed by atoms with Gasteiger partial charge in [-0.2, -0.15) is 0 Å². The second kappa shape index (κ2) is 47.6. The lowest BCUT2D eigenvalue weighted by Gasteiger charge is -2.40. The zero-order chi connectivity index (χ0) is 50.4. The zero-order valence-corrected chi connectivity index (χ0v) is 44.6. The summed E-state index contributed by atoms with van der Waals surface area (Å²) in [7, 11) is 0. The first-order chi connectivity index (χ1) is 33.7. The van der Waals surface area contributed by atoms with Crippen molar-refractivity contribution in [3.05, 3.63) is 24.3 Å². The molecule has 0 bridgehead atoms. The van der Waals surface area contributed by atoms with Crippen LogP contribution in [0, 0.1) is 0 Å². The standard InChI is InChI=1S/C58H111NO10/c1-3-5-7-9-11-13-15-17-19-21-23-24-25-26-27-28-30-31-33-35-37-39-41-43-45-50(61)53(63)49(48-68-58-56(66)55(65)54(64)52(47-60)69-58)59-57(67)51(62)46-44-42-40-38-36-34-32-29-22-20-18-16-14-12-10-8-6-4-2/h12,14,16,18,49-56,58,60-66H,3-11,13,15,17,19-48H2,1-2H3,(H,59,67)/b14-12-,18-16-. The SMILES string of the molecule is CCCCC/C=C\C=C/CCCCCCCCCCCC(O)C(=O)NC(COC1OC(CO)C(O)C(O)C1O)C(O)C(O)CCCCCCCCCCCCCCCCCCCCCCCCCC. The Hall–Kier alpha value is -1.41. The van der Waals surface area contributed by atoms with Crippen LogP contribution < -0.4 is 5.32 Å². The summed E-state index contributed by atoms with van der Waals surface area (Å²) in [4.78, 5) is 13.2. The Labute approximate surface area is 423 Å². The van der Waals surface area contributed by atoms with Crippen molar-refractivity contribution in [3.63, 3.8) is 0 Å². The second-order valence-electron chi connectivity index (χ2n) is 20.8. The molecule has 0 spiro atoms. The van der Waals surface area contributed by atoms with Crippen molar-refractivity contribution in [3.8, 4) is 0 Å². The Kier molecular flexibility index (Phi) is 45.2. The van der Waals surface area contributed by atoms with E-state index in [9.17, 15) is 40.5 Å². The maximum atomic E-state index is 13.2. The van der Waals surface area contributed by atoms with E-state index in [1.807, 2.05) is 0 Å². The van der Waals surface area contributed by atoms with Crippen molar-refractivity contribution in [1.82, 2.24) is 5.32 Å². The van der Waals surface area contributed by atoms with Crippen molar-refractivity contribution in [2.45, 2.75) is 326 Å². The Morgan fingerprint density at radius 3 is 1.29 bits per heavy atom. The van der Waals surface area contributed by atoms with Gasteiger partial charge in [0.1, 0.15) is 36.6 Å². The van der Waals surface area contributed by atoms with E-state index in [2.05, 4.69) is 43.5 Å². The predicted octanol–water partition coefficient (Wildman–Crippen LogP) is 12.1. The molecule has 1 amide bonds. The Bertz CT molecular complexity index is 1170. The summed E-state index contributed by atoms with van der Waals surface area (Å²) in [6, 6.07) is -1.17. The highest BCUT2D eigenvalue weighted by molar-refractivity contribution is 5.80. The van der Waals surface area contributed by atoms with Crippen LogP contribution in [-0.4, -0.2) is 110 Å². The summed E-state index contributed by atoms with van der Waals surface area (Å²) in [6.45, 7) is 3.45. The second-order valence-corrected chi connectivity index (χ2v) is 20.8. The van der Waals surface area contributed by atoms with E-state index in [0.29, 0.717) is 19.3 Å². The predicted molar refractivity (Wildman–Crippen MR) is 284 cm³/mol. The van der Waals surface area contributed by atoms with Gasteiger partial charge in [0.05, 0.1) is 25.4 Å². The maximum Gasteiger partial charge on any atom is 0.249 e. The lowest BCUT2D eigenvalue weighted by Crippen LogP contribution is -2.60. The topological polar surface area (TPSA) is 189 Å². The van der Waals surface area contributed by atoms with E-state index in [4.69, 9.17) is 9.47 Å². The fourth-order valence-corrected chi connectivity index (χ4v) is 9.49. The van der Waals surface area contributed by atoms with Gasteiger partial charge in [-0.25, -0.2) is 0 Å². The number of nitrogens with one attached hydrogen (secondary N) is 1. The maximum absolute atomic E-state index is 13.2. The van der Waals surface area contributed by atoms with Crippen molar-refractivity contribution >= 4 is 5.91 Å².